The minimum absolute atomic E-state index is 0.203. The maximum absolute atomic E-state index is 12.0. The van der Waals surface area contributed by atoms with E-state index in [9.17, 15) is 18.7 Å². The molecule has 0 aliphatic rings. The Labute approximate surface area is 104 Å². The molecule has 0 saturated carbocycles. The summed E-state index contributed by atoms with van der Waals surface area (Å²) in [6.45, 7) is -3.08. The van der Waals surface area contributed by atoms with Crippen molar-refractivity contribution >= 4 is 29.2 Å². The van der Waals surface area contributed by atoms with E-state index in [1.54, 1.807) is 0 Å². The molecule has 1 rings (SSSR count). The number of halogens is 4. The van der Waals surface area contributed by atoms with Crippen molar-refractivity contribution in [2.45, 2.75) is 12.7 Å². The van der Waals surface area contributed by atoms with Crippen LogP contribution in [0.2, 0.25) is 10.0 Å². The Morgan fingerprint density at radius 1 is 1.29 bits per heavy atom. The molecule has 8 heteroatoms. The van der Waals surface area contributed by atoms with Crippen molar-refractivity contribution in [3.05, 3.63) is 27.7 Å². The van der Waals surface area contributed by atoms with Crippen LogP contribution in [-0.2, 0) is 4.79 Å². The van der Waals surface area contributed by atoms with Crippen LogP contribution in [0.15, 0.2) is 12.1 Å². The van der Waals surface area contributed by atoms with Crippen LogP contribution in [0.1, 0.15) is 11.7 Å². The SMILES string of the molecule is O=C(O)C(O)c1cc(Cl)c(OC(F)F)cc1Cl. The summed E-state index contributed by atoms with van der Waals surface area (Å²) in [6, 6.07) is 1.87. The quantitative estimate of drug-likeness (QED) is 0.893. The van der Waals surface area contributed by atoms with E-state index in [2.05, 4.69) is 4.74 Å². The minimum atomic E-state index is -3.08. The van der Waals surface area contributed by atoms with Crippen LogP contribution in [0.5, 0.6) is 5.75 Å². The molecule has 0 aromatic heterocycles. The third kappa shape index (κ3) is 3.42. The summed E-state index contributed by atoms with van der Waals surface area (Å²) < 4.78 is 27.9. The van der Waals surface area contributed by atoms with E-state index < -0.39 is 24.4 Å². The van der Waals surface area contributed by atoms with Gasteiger partial charge in [0.05, 0.1) is 10.0 Å². The van der Waals surface area contributed by atoms with Gasteiger partial charge in [-0.05, 0) is 6.07 Å². The van der Waals surface area contributed by atoms with Gasteiger partial charge in [0.1, 0.15) is 5.75 Å². The highest BCUT2D eigenvalue weighted by molar-refractivity contribution is 6.35. The van der Waals surface area contributed by atoms with E-state index in [1.807, 2.05) is 0 Å². The van der Waals surface area contributed by atoms with E-state index in [4.69, 9.17) is 28.3 Å². The van der Waals surface area contributed by atoms with E-state index in [1.165, 1.54) is 0 Å². The smallest absolute Gasteiger partial charge is 0.387 e. The van der Waals surface area contributed by atoms with E-state index in [0.29, 0.717) is 0 Å². The van der Waals surface area contributed by atoms with Crippen molar-refractivity contribution in [2.75, 3.05) is 0 Å². The number of hydrogen-bond acceptors (Lipinski definition) is 3. The van der Waals surface area contributed by atoms with E-state index in [0.717, 1.165) is 12.1 Å². The highest BCUT2D eigenvalue weighted by Gasteiger charge is 2.22. The zero-order chi connectivity index (χ0) is 13.2. The van der Waals surface area contributed by atoms with Crippen LogP contribution in [0, 0.1) is 0 Å². The Kier molecular flexibility index (Phi) is 4.50. The normalized spacial score (nSPS) is 12.6. The average Bonchev–Trinajstić information content (AvgIpc) is 2.21. The summed E-state index contributed by atoms with van der Waals surface area (Å²) in [5.74, 6) is -1.93. The maximum Gasteiger partial charge on any atom is 0.387 e. The lowest BCUT2D eigenvalue weighted by Crippen LogP contribution is -2.11. The van der Waals surface area contributed by atoms with Gasteiger partial charge in [0, 0.05) is 11.6 Å². The van der Waals surface area contributed by atoms with Crippen molar-refractivity contribution < 1.29 is 28.5 Å². The Morgan fingerprint density at radius 3 is 2.35 bits per heavy atom. The van der Waals surface area contributed by atoms with Crippen LogP contribution in [-0.4, -0.2) is 22.8 Å². The summed E-state index contributed by atoms with van der Waals surface area (Å²) in [5.41, 5.74) is -0.203. The molecule has 1 atom stereocenters. The molecule has 4 nitrogen and oxygen atoms in total. The molecule has 0 spiro atoms. The van der Waals surface area contributed by atoms with Crippen LogP contribution < -0.4 is 4.74 Å². The number of alkyl halides is 2. The predicted molar refractivity (Wildman–Crippen MR) is 55.7 cm³/mol. The average molecular weight is 287 g/mol. The fourth-order valence-electron chi connectivity index (χ4n) is 1.07. The second kappa shape index (κ2) is 5.48. The van der Waals surface area contributed by atoms with Gasteiger partial charge in [-0.3, -0.25) is 0 Å². The van der Waals surface area contributed by atoms with Crippen LogP contribution in [0.4, 0.5) is 8.78 Å². The van der Waals surface area contributed by atoms with Crippen LogP contribution >= 0.6 is 23.2 Å². The van der Waals surface area contributed by atoms with Gasteiger partial charge in [-0.1, -0.05) is 23.2 Å². The Morgan fingerprint density at radius 2 is 1.88 bits per heavy atom. The molecular weight excluding hydrogens is 281 g/mol. The third-order valence-corrected chi connectivity index (χ3v) is 2.42. The Bertz CT molecular complexity index is 439. The lowest BCUT2D eigenvalue weighted by atomic mass is 10.1. The molecule has 94 valence electrons. The highest BCUT2D eigenvalue weighted by atomic mass is 35.5. The zero-order valence-electron chi connectivity index (χ0n) is 8.03. The molecule has 0 amide bonds. The van der Waals surface area contributed by atoms with Gasteiger partial charge >= 0.3 is 12.6 Å². The topological polar surface area (TPSA) is 66.8 Å². The largest absolute Gasteiger partial charge is 0.479 e. The molecule has 17 heavy (non-hydrogen) atoms. The number of carboxylic acid groups (broad SMARTS) is 1. The summed E-state index contributed by atoms with van der Waals surface area (Å²) >= 11 is 11.2. The van der Waals surface area contributed by atoms with Crippen molar-refractivity contribution in [3.63, 3.8) is 0 Å². The van der Waals surface area contributed by atoms with Crippen molar-refractivity contribution in [1.29, 1.82) is 0 Å². The summed E-state index contributed by atoms with van der Waals surface area (Å²) in [7, 11) is 0. The Hall–Kier alpha value is -1.11. The number of aliphatic hydroxyl groups excluding tert-OH is 1. The number of benzene rings is 1. The summed E-state index contributed by atoms with van der Waals surface area (Å²) in [4.78, 5) is 10.5. The first kappa shape index (κ1) is 14.0. The van der Waals surface area contributed by atoms with Gasteiger partial charge in [0.25, 0.3) is 0 Å². The minimum Gasteiger partial charge on any atom is -0.479 e. The molecule has 1 aromatic rings. The van der Waals surface area contributed by atoms with Gasteiger partial charge in [-0.25, -0.2) is 4.79 Å². The van der Waals surface area contributed by atoms with Crippen molar-refractivity contribution in [2.24, 2.45) is 0 Å². The number of rotatable bonds is 4. The van der Waals surface area contributed by atoms with Crippen LogP contribution in [0.3, 0.4) is 0 Å². The number of carbonyl (C=O) groups is 1. The van der Waals surface area contributed by atoms with E-state index in [-0.39, 0.29) is 15.6 Å². The first-order chi connectivity index (χ1) is 7.82. The number of ether oxygens (including phenoxy) is 1. The third-order valence-electron chi connectivity index (χ3n) is 1.80. The second-order valence-corrected chi connectivity index (χ2v) is 3.74. The fourth-order valence-corrected chi connectivity index (χ4v) is 1.55. The first-order valence-corrected chi connectivity index (χ1v) is 4.93. The molecule has 0 bridgehead atoms. The molecule has 0 heterocycles. The molecule has 2 N–H and O–H groups in total. The zero-order valence-corrected chi connectivity index (χ0v) is 9.54. The number of hydrogen-bond donors (Lipinski definition) is 2. The van der Waals surface area contributed by atoms with Crippen molar-refractivity contribution in [3.8, 4) is 5.75 Å². The fraction of sp³-hybridized carbons (Fsp3) is 0.222. The lowest BCUT2D eigenvalue weighted by Gasteiger charge is -2.12. The molecule has 1 aromatic carbocycles. The maximum atomic E-state index is 12.0. The van der Waals surface area contributed by atoms with Crippen molar-refractivity contribution in [1.82, 2.24) is 0 Å². The molecule has 0 aliphatic heterocycles. The lowest BCUT2D eigenvalue weighted by molar-refractivity contribution is -0.146. The monoisotopic (exact) mass is 286 g/mol. The standard InChI is InChI=1S/C9H6Cl2F2O4/c10-4-2-6(17-9(12)13)5(11)1-3(4)7(14)8(15)16/h1-2,7,9,14H,(H,15,16). The second-order valence-electron chi connectivity index (χ2n) is 2.92. The molecule has 0 fully saturated rings. The number of carboxylic acids is 1. The summed E-state index contributed by atoms with van der Waals surface area (Å²) in [6.07, 6.45) is -1.89. The molecular formula is C9H6Cl2F2O4. The van der Waals surface area contributed by atoms with Gasteiger partial charge in [0.2, 0.25) is 0 Å². The number of aliphatic carboxylic acids is 1. The van der Waals surface area contributed by atoms with E-state index >= 15 is 0 Å². The molecule has 0 saturated heterocycles. The van der Waals surface area contributed by atoms with Gasteiger partial charge in [0.15, 0.2) is 6.10 Å². The van der Waals surface area contributed by atoms with Gasteiger partial charge in [-0.15, -0.1) is 0 Å². The summed E-state index contributed by atoms with van der Waals surface area (Å²) in [5, 5.41) is 17.3. The predicted octanol–water partition coefficient (Wildman–Crippen LogP) is 2.71. The highest BCUT2D eigenvalue weighted by Crippen LogP contribution is 2.34. The van der Waals surface area contributed by atoms with Crippen LogP contribution in [0.25, 0.3) is 0 Å². The van der Waals surface area contributed by atoms with Gasteiger partial charge in [-0.2, -0.15) is 8.78 Å². The Balaban J connectivity index is 3.13. The van der Waals surface area contributed by atoms with Gasteiger partial charge < -0.3 is 14.9 Å². The first-order valence-electron chi connectivity index (χ1n) is 4.17. The molecule has 0 radical (unpaired) electrons. The number of aliphatic hydroxyl groups is 1. The molecule has 1 unspecified atom stereocenters. The molecule has 0 aliphatic carbocycles.